The summed E-state index contributed by atoms with van der Waals surface area (Å²) in [4.78, 5) is 21.5. The summed E-state index contributed by atoms with van der Waals surface area (Å²) in [6.45, 7) is 14.0. The number of rotatable bonds is 34. The van der Waals surface area contributed by atoms with E-state index in [0.29, 0.717) is 131 Å². The van der Waals surface area contributed by atoms with Crippen molar-refractivity contribution in [2.75, 3.05) is 139 Å². The molecule has 0 aliphatic heterocycles. The highest BCUT2D eigenvalue weighted by molar-refractivity contribution is 5.86. The van der Waals surface area contributed by atoms with Crippen molar-refractivity contribution in [3.63, 3.8) is 0 Å². The van der Waals surface area contributed by atoms with Gasteiger partial charge in [-0.25, -0.2) is 4.79 Å². The second-order valence-electron chi connectivity index (χ2n) is 8.18. The summed E-state index contributed by atoms with van der Waals surface area (Å²) < 4.78 is 58.5. The number of hydrogen-bond acceptors (Lipinski definition) is 13. The van der Waals surface area contributed by atoms with E-state index in [1.54, 1.807) is 6.92 Å². The normalized spacial score (nSPS) is 11.1. The quantitative estimate of drug-likeness (QED) is 0.0629. The average Bonchev–Trinajstić information content (AvgIpc) is 2.95. The van der Waals surface area contributed by atoms with Crippen LogP contribution in [-0.4, -0.2) is 156 Å². The number of aliphatic carboxylic acids is 1. The average molecular weight is 599 g/mol. The molecule has 0 saturated carbocycles. The number of carboxylic acid groups (broad SMARTS) is 1. The predicted octanol–water partition coefficient (Wildman–Crippen LogP) is 0.746. The molecule has 0 fully saturated rings. The molecule has 0 rings (SSSR count). The molecule has 0 aliphatic rings. The standard InChI is InChI=1S/C27H50O14/c1-25(2)27(30)41-24-23-40-22-21-39-20-19-38-18-17-37-16-15-36-14-13-35-12-11-34-10-9-33-8-7-32-6-5-31-4-3-26(28)29/h1,3-24H2,2H3,(H,28,29). The number of ether oxygens (including phenoxy) is 11. The van der Waals surface area contributed by atoms with Gasteiger partial charge in [-0.15, -0.1) is 0 Å². The first-order valence-electron chi connectivity index (χ1n) is 13.9. The first-order chi connectivity index (χ1) is 20.0. The predicted molar refractivity (Wildman–Crippen MR) is 146 cm³/mol. The molecule has 0 unspecified atom stereocenters. The molecule has 242 valence electrons. The number of carboxylic acids is 1. The molecule has 0 atom stereocenters. The van der Waals surface area contributed by atoms with E-state index < -0.39 is 11.9 Å². The smallest absolute Gasteiger partial charge is 0.333 e. The summed E-state index contributed by atoms with van der Waals surface area (Å²) in [5.41, 5.74) is 0.365. The van der Waals surface area contributed by atoms with E-state index in [4.69, 9.17) is 57.2 Å². The highest BCUT2D eigenvalue weighted by atomic mass is 16.6. The van der Waals surface area contributed by atoms with E-state index in [2.05, 4.69) is 6.58 Å². The van der Waals surface area contributed by atoms with Crippen LogP contribution in [0, 0.1) is 0 Å². The Kier molecular flexibility index (Phi) is 31.4. The van der Waals surface area contributed by atoms with Crippen molar-refractivity contribution in [2.24, 2.45) is 0 Å². The van der Waals surface area contributed by atoms with Gasteiger partial charge in [0.1, 0.15) is 6.61 Å². The molecule has 0 aromatic carbocycles. The molecule has 14 heteroatoms. The molecule has 0 saturated heterocycles. The minimum absolute atomic E-state index is 0.00532. The summed E-state index contributed by atoms with van der Waals surface area (Å²) in [6.07, 6.45) is -0.00532. The van der Waals surface area contributed by atoms with E-state index in [1.807, 2.05) is 0 Å². The zero-order valence-electron chi connectivity index (χ0n) is 24.5. The van der Waals surface area contributed by atoms with Crippen molar-refractivity contribution in [2.45, 2.75) is 13.3 Å². The van der Waals surface area contributed by atoms with Gasteiger partial charge in [-0.2, -0.15) is 0 Å². The molecule has 0 aromatic heterocycles. The van der Waals surface area contributed by atoms with Gasteiger partial charge >= 0.3 is 11.9 Å². The van der Waals surface area contributed by atoms with Gasteiger partial charge in [0, 0.05) is 5.57 Å². The van der Waals surface area contributed by atoms with Gasteiger partial charge in [0.2, 0.25) is 0 Å². The van der Waals surface area contributed by atoms with E-state index in [-0.39, 0.29) is 19.6 Å². The van der Waals surface area contributed by atoms with Crippen molar-refractivity contribution < 1.29 is 66.8 Å². The Balaban J connectivity index is 3.07. The maximum atomic E-state index is 11.2. The Morgan fingerprint density at radius 2 is 0.659 bits per heavy atom. The molecule has 1 N–H and O–H groups in total. The van der Waals surface area contributed by atoms with Gasteiger partial charge in [0.25, 0.3) is 0 Å². The summed E-state index contributed by atoms with van der Waals surface area (Å²) in [5.74, 6) is -1.29. The number of carbonyl (C=O) groups is 2. The zero-order valence-corrected chi connectivity index (χ0v) is 24.5. The second kappa shape index (κ2) is 32.8. The van der Waals surface area contributed by atoms with Gasteiger partial charge in [0.15, 0.2) is 0 Å². The molecule has 0 bridgehead atoms. The van der Waals surface area contributed by atoms with Gasteiger partial charge in [-0.05, 0) is 6.92 Å². The molecule has 41 heavy (non-hydrogen) atoms. The van der Waals surface area contributed by atoms with Crippen LogP contribution in [0.2, 0.25) is 0 Å². The van der Waals surface area contributed by atoms with Crippen molar-refractivity contribution >= 4 is 11.9 Å². The maximum absolute atomic E-state index is 11.2. The first-order valence-corrected chi connectivity index (χ1v) is 13.9. The van der Waals surface area contributed by atoms with Crippen LogP contribution in [0.15, 0.2) is 12.2 Å². The minimum atomic E-state index is -0.877. The molecular formula is C27H50O14. The van der Waals surface area contributed by atoms with Crippen molar-refractivity contribution in [1.82, 2.24) is 0 Å². The SMILES string of the molecule is C=C(C)C(=O)OCCOCCOCCOCCOCCOCCOCCOCCOCCOCCOCCC(=O)O. The van der Waals surface area contributed by atoms with E-state index in [9.17, 15) is 9.59 Å². The molecular weight excluding hydrogens is 548 g/mol. The maximum Gasteiger partial charge on any atom is 0.333 e. The fourth-order valence-electron chi connectivity index (χ4n) is 2.56. The fraction of sp³-hybridized carbons (Fsp3) is 0.852. The lowest BCUT2D eigenvalue weighted by atomic mass is 10.4. The van der Waals surface area contributed by atoms with Crippen LogP contribution in [0.25, 0.3) is 0 Å². The summed E-state index contributed by atoms with van der Waals surface area (Å²) in [7, 11) is 0. The molecule has 0 aliphatic carbocycles. The number of hydrogen-bond donors (Lipinski definition) is 1. The summed E-state index contributed by atoms with van der Waals surface area (Å²) in [5, 5.41) is 8.47. The van der Waals surface area contributed by atoms with E-state index in [0.717, 1.165) is 0 Å². The van der Waals surface area contributed by atoms with Crippen LogP contribution in [0.5, 0.6) is 0 Å². The van der Waals surface area contributed by atoms with Crippen LogP contribution in [0.4, 0.5) is 0 Å². The second-order valence-corrected chi connectivity index (χ2v) is 8.18. The third kappa shape index (κ3) is 34.4. The number of carbonyl (C=O) groups excluding carboxylic acids is 1. The Labute approximate surface area is 243 Å². The number of esters is 1. The lowest BCUT2D eigenvalue weighted by molar-refractivity contribution is -0.141. The minimum Gasteiger partial charge on any atom is -0.481 e. The highest BCUT2D eigenvalue weighted by Crippen LogP contribution is 1.92. The highest BCUT2D eigenvalue weighted by Gasteiger charge is 2.02. The Morgan fingerprint density at radius 3 is 0.878 bits per heavy atom. The molecule has 0 heterocycles. The van der Waals surface area contributed by atoms with Crippen LogP contribution in [0.3, 0.4) is 0 Å². The third-order valence-corrected chi connectivity index (χ3v) is 4.62. The van der Waals surface area contributed by atoms with Gasteiger partial charge in [0.05, 0.1) is 139 Å². The topological polar surface area (TPSA) is 156 Å². The Morgan fingerprint density at radius 1 is 0.439 bits per heavy atom. The lowest BCUT2D eigenvalue weighted by Crippen LogP contribution is -2.15. The molecule has 0 radical (unpaired) electrons. The molecule has 0 aromatic rings. The lowest BCUT2D eigenvalue weighted by Gasteiger charge is -2.09. The summed E-state index contributed by atoms with van der Waals surface area (Å²) >= 11 is 0. The Bertz CT molecular complexity index is 605. The fourth-order valence-corrected chi connectivity index (χ4v) is 2.56. The van der Waals surface area contributed by atoms with Crippen LogP contribution >= 0.6 is 0 Å². The molecule has 14 nitrogen and oxygen atoms in total. The third-order valence-electron chi connectivity index (χ3n) is 4.62. The van der Waals surface area contributed by atoms with Crippen LogP contribution in [0.1, 0.15) is 13.3 Å². The van der Waals surface area contributed by atoms with Gasteiger partial charge < -0.3 is 57.2 Å². The van der Waals surface area contributed by atoms with Crippen molar-refractivity contribution in [3.05, 3.63) is 12.2 Å². The first kappa shape index (κ1) is 39.3. The van der Waals surface area contributed by atoms with Crippen molar-refractivity contribution in [1.29, 1.82) is 0 Å². The molecule has 0 amide bonds. The van der Waals surface area contributed by atoms with E-state index in [1.165, 1.54) is 0 Å². The van der Waals surface area contributed by atoms with Gasteiger partial charge in [-0.3, -0.25) is 4.79 Å². The van der Waals surface area contributed by atoms with Crippen molar-refractivity contribution in [3.8, 4) is 0 Å². The van der Waals surface area contributed by atoms with Gasteiger partial charge in [-0.1, -0.05) is 6.58 Å². The molecule has 0 spiro atoms. The monoisotopic (exact) mass is 598 g/mol. The largest absolute Gasteiger partial charge is 0.481 e. The Hall–Kier alpha value is -1.72. The van der Waals surface area contributed by atoms with Crippen LogP contribution in [-0.2, 0) is 61.7 Å². The van der Waals surface area contributed by atoms with Crippen LogP contribution < -0.4 is 0 Å². The zero-order chi connectivity index (χ0) is 30.1. The summed E-state index contributed by atoms with van der Waals surface area (Å²) in [6, 6.07) is 0. The van der Waals surface area contributed by atoms with E-state index >= 15 is 0 Å².